The second kappa shape index (κ2) is 9.07. The van der Waals surface area contributed by atoms with Crippen molar-refractivity contribution in [1.29, 1.82) is 0 Å². The highest BCUT2D eigenvalue weighted by Gasteiger charge is 2.25. The number of furan rings is 1. The molecule has 0 spiro atoms. The molecule has 0 amide bonds. The van der Waals surface area contributed by atoms with Crippen molar-refractivity contribution in [1.82, 2.24) is 20.0 Å². The Morgan fingerprint density at radius 3 is 3.04 bits per heavy atom. The van der Waals surface area contributed by atoms with Crippen molar-refractivity contribution in [2.75, 3.05) is 33.3 Å². The highest BCUT2D eigenvalue weighted by atomic mass is 127. The van der Waals surface area contributed by atoms with Crippen LogP contribution in [0.2, 0.25) is 0 Å². The van der Waals surface area contributed by atoms with E-state index in [1.54, 1.807) is 10.9 Å². The fourth-order valence-corrected chi connectivity index (χ4v) is 2.73. The Balaban J connectivity index is 0.00000208. The van der Waals surface area contributed by atoms with Crippen LogP contribution in [0.1, 0.15) is 17.4 Å². The highest BCUT2D eigenvalue weighted by molar-refractivity contribution is 14.0. The number of aliphatic imine (C=N–C) groups is 1. The first-order valence-electron chi connectivity index (χ1n) is 7.84. The number of aryl methyl sites for hydroxylation is 1. The number of hydrogen-bond donors (Lipinski definition) is 1. The number of aromatic nitrogens is 2. The molecule has 1 fully saturated rings. The molecule has 2 aromatic rings. The van der Waals surface area contributed by atoms with E-state index < -0.39 is 0 Å². The number of morpholine rings is 1. The molecule has 0 saturated carbocycles. The predicted molar refractivity (Wildman–Crippen MR) is 103 cm³/mol. The van der Waals surface area contributed by atoms with Gasteiger partial charge < -0.3 is 19.4 Å². The summed E-state index contributed by atoms with van der Waals surface area (Å²) in [6.07, 6.45) is 6.43. The third-order valence-electron chi connectivity index (χ3n) is 3.91. The number of guanidine groups is 1. The van der Waals surface area contributed by atoms with Crippen LogP contribution in [-0.4, -0.2) is 53.9 Å². The van der Waals surface area contributed by atoms with Gasteiger partial charge in [0.05, 0.1) is 25.6 Å². The Morgan fingerprint density at radius 1 is 1.50 bits per heavy atom. The van der Waals surface area contributed by atoms with Crippen LogP contribution in [0, 0.1) is 0 Å². The lowest BCUT2D eigenvalue weighted by atomic mass is 10.1. The van der Waals surface area contributed by atoms with Crippen LogP contribution in [-0.2, 0) is 18.2 Å². The molecule has 7 nitrogen and oxygen atoms in total. The largest absolute Gasteiger partial charge is 0.469 e. The number of halogens is 1. The molecule has 3 heterocycles. The smallest absolute Gasteiger partial charge is 0.193 e. The van der Waals surface area contributed by atoms with Crippen LogP contribution >= 0.6 is 24.0 Å². The first kappa shape index (κ1) is 18.8. The Hall–Kier alpha value is -1.55. The topological polar surface area (TPSA) is 67.8 Å². The van der Waals surface area contributed by atoms with Gasteiger partial charge in [0.1, 0.15) is 11.9 Å². The Labute approximate surface area is 159 Å². The second-order valence-electron chi connectivity index (χ2n) is 5.56. The van der Waals surface area contributed by atoms with Gasteiger partial charge in [0.15, 0.2) is 5.96 Å². The van der Waals surface area contributed by atoms with Gasteiger partial charge in [-0.2, -0.15) is 5.10 Å². The molecule has 1 N–H and O–H groups in total. The van der Waals surface area contributed by atoms with E-state index >= 15 is 0 Å². The lowest BCUT2D eigenvalue weighted by Crippen LogP contribution is -2.48. The summed E-state index contributed by atoms with van der Waals surface area (Å²) in [5.41, 5.74) is 1.10. The van der Waals surface area contributed by atoms with Gasteiger partial charge in [-0.25, -0.2) is 0 Å². The van der Waals surface area contributed by atoms with Gasteiger partial charge in [-0.15, -0.1) is 24.0 Å². The van der Waals surface area contributed by atoms with Crippen molar-refractivity contribution in [2.45, 2.75) is 12.5 Å². The summed E-state index contributed by atoms with van der Waals surface area (Å²) in [6.45, 7) is 3.07. The zero-order valence-corrected chi connectivity index (χ0v) is 16.3. The average Bonchev–Trinajstić information content (AvgIpc) is 3.23. The van der Waals surface area contributed by atoms with E-state index in [-0.39, 0.29) is 30.1 Å². The van der Waals surface area contributed by atoms with Crippen molar-refractivity contribution in [3.05, 3.63) is 42.1 Å². The van der Waals surface area contributed by atoms with Crippen LogP contribution < -0.4 is 5.32 Å². The van der Waals surface area contributed by atoms with Crippen molar-refractivity contribution in [2.24, 2.45) is 12.0 Å². The zero-order chi connectivity index (χ0) is 16.1. The minimum absolute atomic E-state index is 0. The molecule has 1 aliphatic rings. The molecule has 132 valence electrons. The first-order valence-corrected chi connectivity index (χ1v) is 7.84. The molecular weight excluding hydrogens is 421 g/mol. The molecule has 1 unspecified atom stereocenters. The molecule has 8 heteroatoms. The molecule has 1 aliphatic heterocycles. The number of nitrogens with zero attached hydrogens (tertiary/aromatic N) is 4. The minimum atomic E-state index is 0. The standard InChI is InChI=1S/C16H23N5O2.HI/c1-17-16(18-6-5-14-4-3-8-22-14)21-7-9-23-15(12-21)13-10-19-20(2)11-13;/h3-4,8,10-11,15H,5-7,9,12H2,1-2H3,(H,17,18);1H. The van der Waals surface area contributed by atoms with Crippen LogP contribution in [0.25, 0.3) is 0 Å². The highest BCUT2D eigenvalue weighted by Crippen LogP contribution is 2.21. The summed E-state index contributed by atoms with van der Waals surface area (Å²) in [5.74, 6) is 1.87. The maximum atomic E-state index is 5.87. The first-order chi connectivity index (χ1) is 11.3. The van der Waals surface area contributed by atoms with Gasteiger partial charge in [-0.3, -0.25) is 9.67 Å². The maximum Gasteiger partial charge on any atom is 0.193 e. The number of hydrogen-bond acceptors (Lipinski definition) is 4. The maximum absolute atomic E-state index is 5.87. The monoisotopic (exact) mass is 445 g/mol. The van der Waals surface area contributed by atoms with E-state index in [2.05, 4.69) is 20.3 Å². The summed E-state index contributed by atoms with van der Waals surface area (Å²) in [7, 11) is 3.73. The molecule has 0 radical (unpaired) electrons. The quantitative estimate of drug-likeness (QED) is 0.442. The molecule has 0 bridgehead atoms. The Bertz CT molecular complexity index is 641. The van der Waals surface area contributed by atoms with Crippen molar-refractivity contribution < 1.29 is 9.15 Å². The van der Waals surface area contributed by atoms with Crippen molar-refractivity contribution >= 4 is 29.9 Å². The summed E-state index contributed by atoms with van der Waals surface area (Å²) >= 11 is 0. The summed E-state index contributed by atoms with van der Waals surface area (Å²) in [6, 6.07) is 3.89. The van der Waals surface area contributed by atoms with Gasteiger partial charge >= 0.3 is 0 Å². The van der Waals surface area contributed by atoms with Crippen LogP contribution in [0.5, 0.6) is 0 Å². The van der Waals surface area contributed by atoms with Gasteiger partial charge in [0.2, 0.25) is 0 Å². The molecule has 1 saturated heterocycles. The molecule has 0 aliphatic carbocycles. The van der Waals surface area contributed by atoms with Gasteiger partial charge in [-0.1, -0.05) is 0 Å². The third kappa shape index (κ3) is 4.73. The fraction of sp³-hybridized carbons (Fsp3) is 0.500. The number of nitrogens with one attached hydrogen (secondary N) is 1. The Kier molecular flexibility index (Phi) is 7.10. The van der Waals surface area contributed by atoms with Crippen molar-refractivity contribution in [3.8, 4) is 0 Å². The van der Waals surface area contributed by atoms with Gasteiger partial charge in [0, 0.05) is 45.4 Å². The van der Waals surface area contributed by atoms with Crippen LogP contribution in [0.3, 0.4) is 0 Å². The van der Waals surface area contributed by atoms with E-state index in [9.17, 15) is 0 Å². The average molecular weight is 445 g/mol. The molecule has 24 heavy (non-hydrogen) atoms. The Morgan fingerprint density at radius 2 is 2.38 bits per heavy atom. The minimum Gasteiger partial charge on any atom is -0.469 e. The van der Waals surface area contributed by atoms with E-state index in [1.807, 2.05) is 38.6 Å². The third-order valence-corrected chi connectivity index (χ3v) is 3.91. The molecule has 2 aromatic heterocycles. The van der Waals surface area contributed by atoms with Gasteiger partial charge in [-0.05, 0) is 12.1 Å². The van der Waals surface area contributed by atoms with E-state index in [0.717, 1.165) is 43.3 Å². The second-order valence-corrected chi connectivity index (χ2v) is 5.56. The van der Waals surface area contributed by atoms with Crippen molar-refractivity contribution in [3.63, 3.8) is 0 Å². The SMILES string of the molecule is CN=C(NCCc1ccco1)N1CCOC(c2cnn(C)c2)C1.I. The summed E-state index contributed by atoms with van der Waals surface area (Å²) in [4.78, 5) is 6.61. The van der Waals surface area contributed by atoms with E-state index in [1.165, 1.54) is 0 Å². The fourth-order valence-electron chi connectivity index (χ4n) is 2.73. The normalized spacial score (nSPS) is 18.3. The molecule has 3 rings (SSSR count). The lowest BCUT2D eigenvalue weighted by Gasteiger charge is -2.34. The van der Waals surface area contributed by atoms with Crippen LogP contribution in [0.15, 0.2) is 40.2 Å². The van der Waals surface area contributed by atoms with Gasteiger partial charge in [0.25, 0.3) is 0 Å². The molecular formula is C16H24IN5O2. The van der Waals surface area contributed by atoms with Crippen LogP contribution in [0.4, 0.5) is 0 Å². The van der Waals surface area contributed by atoms with E-state index in [0.29, 0.717) is 6.61 Å². The summed E-state index contributed by atoms with van der Waals surface area (Å²) < 4.78 is 13.0. The molecule has 0 aromatic carbocycles. The van der Waals surface area contributed by atoms with E-state index in [4.69, 9.17) is 9.15 Å². The summed E-state index contributed by atoms with van der Waals surface area (Å²) in [5, 5.41) is 7.62. The zero-order valence-electron chi connectivity index (χ0n) is 14.0. The lowest BCUT2D eigenvalue weighted by molar-refractivity contribution is -0.00801. The number of ether oxygens (including phenoxy) is 1. The predicted octanol–water partition coefficient (Wildman–Crippen LogP) is 1.82. The number of rotatable bonds is 4. The molecule has 1 atom stereocenters.